The van der Waals surface area contributed by atoms with Crippen LogP contribution in [0.15, 0.2) is 0 Å². The van der Waals surface area contributed by atoms with Crippen molar-refractivity contribution in [3.8, 4) is 0 Å². The van der Waals surface area contributed by atoms with E-state index < -0.39 is 0 Å². The number of unbranched alkanes of at least 4 members (excludes halogenated alkanes) is 1. The molecule has 0 rings (SSSR count). The number of nitrogens with two attached hydrogens (primary N) is 1. The molecule has 0 fully saturated rings. The molecule has 0 bridgehead atoms. The molecular weight excluding hydrogens is 148 g/mol. The second-order valence-electron chi connectivity index (χ2n) is 3.75. The Kier molecular flexibility index (Phi) is 7.51. The first-order valence-electron chi connectivity index (χ1n) is 5.20. The number of rotatable bonds is 7. The van der Waals surface area contributed by atoms with Crippen LogP contribution in [-0.2, 0) is 0 Å². The highest BCUT2D eigenvalue weighted by Gasteiger charge is 2.09. The van der Waals surface area contributed by atoms with Gasteiger partial charge in [0.15, 0.2) is 0 Å². The summed E-state index contributed by atoms with van der Waals surface area (Å²) in [4.78, 5) is 0. The van der Waals surface area contributed by atoms with Crippen LogP contribution in [0.2, 0.25) is 0 Å². The summed E-state index contributed by atoms with van der Waals surface area (Å²) in [6.45, 7) is 6.74. The molecule has 0 saturated carbocycles. The molecule has 2 heteroatoms. The Balaban J connectivity index is 3.51. The topological polar surface area (TPSA) is 38.0 Å². The maximum absolute atomic E-state index is 5.47. The van der Waals surface area contributed by atoms with Crippen molar-refractivity contribution >= 4 is 0 Å². The van der Waals surface area contributed by atoms with Crippen molar-refractivity contribution in [3.63, 3.8) is 0 Å². The van der Waals surface area contributed by atoms with E-state index >= 15 is 0 Å². The fourth-order valence-corrected chi connectivity index (χ4v) is 1.37. The third-order valence-electron chi connectivity index (χ3n) is 2.53. The first kappa shape index (κ1) is 11.9. The van der Waals surface area contributed by atoms with Gasteiger partial charge in [0, 0.05) is 6.04 Å². The largest absolute Gasteiger partial charge is 0.271 e. The molecule has 0 spiro atoms. The van der Waals surface area contributed by atoms with Gasteiger partial charge < -0.3 is 0 Å². The molecule has 0 aliphatic rings. The summed E-state index contributed by atoms with van der Waals surface area (Å²) in [7, 11) is 0. The van der Waals surface area contributed by atoms with Crippen molar-refractivity contribution < 1.29 is 0 Å². The number of nitrogens with one attached hydrogen (secondary N) is 1. The highest BCUT2D eigenvalue weighted by molar-refractivity contribution is 4.66. The first-order valence-corrected chi connectivity index (χ1v) is 5.20. The van der Waals surface area contributed by atoms with Crippen LogP contribution in [-0.4, -0.2) is 6.04 Å². The van der Waals surface area contributed by atoms with Gasteiger partial charge in [-0.3, -0.25) is 11.3 Å². The molecule has 2 unspecified atom stereocenters. The van der Waals surface area contributed by atoms with Gasteiger partial charge >= 0.3 is 0 Å². The van der Waals surface area contributed by atoms with Crippen LogP contribution in [0.1, 0.15) is 52.9 Å². The van der Waals surface area contributed by atoms with Crippen molar-refractivity contribution in [3.05, 3.63) is 0 Å². The lowest BCUT2D eigenvalue weighted by Crippen LogP contribution is -2.36. The van der Waals surface area contributed by atoms with Crippen molar-refractivity contribution in [2.24, 2.45) is 11.8 Å². The Hall–Kier alpha value is -0.0800. The molecule has 0 saturated heterocycles. The molecule has 12 heavy (non-hydrogen) atoms. The first-order chi connectivity index (χ1) is 5.74. The van der Waals surface area contributed by atoms with E-state index in [1.165, 1.54) is 32.1 Å². The lowest BCUT2D eigenvalue weighted by Gasteiger charge is -2.18. The van der Waals surface area contributed by atoms with E-state index in [0.717, 1.165) is 5.92 Å². The summed E-state index contributed by atoms with van der Waals surface area (Å²) >= 11 is 0. The van der Waals surface area contributed by atoms with Gasteiger partial charge in [0.1, 0.15) is 0 Å². The van der Waals surface area contributed by atoms with Crippen LogP contribution in [0.5, 0.6) is 0 Å². The molecule has 0 aromatic heterocycles. The molecule has 74 valence electrons. The van der Waals surface area contributed by atoms with Crippen LogP contribution < -0.4 is 11.3 Å². The summed E-state index contributed by atoms with van der Waals surface area (Å²) in [6, 6.07) is 0.528. The highest BCUT2D eigenvalue weighted by atomic mass is 15.2. The maximum atomic E-state index is 5.47. The molecule has 0 aliphatic heterocycles. The quantitative estimate of drug-likeness (QED) is 0.457. The highest BCUT2D eigenvalue weighted by Crippen LogP contribution is 2.13. The standard InChI is InChI=1S/C10H24N2/c1-4-6-7-10(12-11)8-9(3)5-2/h9-10,12H,4-8,11H2,1-3H3. The average Bonchev–Trinajstić information content (AvgIpc) is 2.11. The molecule has 0 aromatic carbocycles. The zero-order valence-electron chi connectivity index (χ0n) is 8.77. The van der Waals surface area contributed by atoms with Crippen LogP contribution in [0.4, 0.5) is 0 Å². The Bertz CT molecular complexity index is 93.8. The molecule has 0 heterocycles. The number of hydrazine groups is 1. The normalized spacial score (nSPS) is 16.0. The van der Waals surface area contributed by atoms with Crippen LogP contribution in [0, 0.1) is 5.92 Å². The summed E-state index contributed by atoms with van der Waals surface area (Å²) in [5.41, 5.74) is 2.90. The maximum Gasteiger partial charge on any atom is 0.0213 e. The molecule has 0 amide bonds. The van der Waals surface area contributed by atoms with Crippen LogP contribution >= 0.6 is 0 Å². The van der Waals surface area contributed by atoms with Crippen molar-refractivity contribution in [1.82, 2.24) is 5.43 Å². The Morgan fingerprint density at radius 1 is 1.33 bits per heavy atom. The summed E-state index contributed by atoms with van der Waals surface area (Å²) in [6.07, 6.45) is 6.23. The minimum Gasteiger partial charge on any atom is -0.271 e. The average molecular weight is 172 g/mol. The molecular formula is C10H24N2. The van der Waals surface area contributed by atoms with Crippen LogP contribution in [0.25, 0.3) is 0 Å². The summed E-state index contributed by atoms with van der Waals surface area (Å²) in [5, 5.41) is 0. The van der Waals surface area contributed by atoms with Gasteiger partial charge in [-0.05, 0) is 18.8 Å². The van der Waals surface area contributed by atoms with E-state index in [1.807, 2.05) is 0 Å². The number of hydrogen-bond donors (Lipinski definition) is 2. The molecule has 2 atom stereocenters. The van der Waals surface area contributed by atoms with E-state index in [2.05, 4.69) is 26.2 Å². The second-order valence-corrected chi connectivity index (χ2v) is 3.75. The van der Waals surface area contributed by atoms with Crippen molar-refractivity contribution in [2.45, 2.75) is 58.9 Å². The van der Waals surface area contributed by atoms with E-state index in [9.17, 15) is 0 Å². The third-order valence-corrected chi connectivity index (χ3v) is 2.53. The molecule has 0 aliphatic carbocycles. The zero-order chi connectivity index (χ0) is 9.40. The lowest BCUT2D eigenvalue weighted by atomic mass is 9.96. The van der Waals surface area contributed by atoms with Gasteiger partial charge in [-0.25, -0.2) is 0 Å². The van der Waals surface area contributed by atoms with Gasteiger partial charge in [-0.1, -0.05) is 40.0 Å². The second kappa shape index (κ2) is 7.56. The minimum absolute atomic E-state index is 0.528. The van der Waals surface area contributed by atoms with Gasteiger partial charge in [-0.15, -0.1) is 0 Å². The molecule has 2 nitrogen and oxygen atoms in total. The minimum atomic E-state index is 0.528. The van der Waals surface area contributed by atoms with Crippen molar-refractivity contribution in [1.29, 1.82) is 0 Å². The van der Waals surface area contributed by atoms with Gasteiger partial charge in [0.05, 0.1) is 0 Å². The SMILES string of the molecule is CCCCC(CC(C)CC)NN. The van der Waals surface area contributed by atoms with E-state index in [0.29, 0.717) is 6.04 Å². The Morgan fingerprint density at radius 3 is 2.42 bits per heavy atom. The number of hydrogen-bond acceptors (Lipinski definition) is 2. The van der Waals surface area contributed by atoms with E-state index in [-0.39, 0.29) is 0 Å². The predicted octanol–water partition coefficient (Wildman–Crippen LogP) is 2.44. The lowest BCUT2D eigenvalue weighted by molar-refractivity contribution is 0.374. The fourth-order valence-electron chi connectivity index (χ4n) is 1.37. The summed E-state index contributed by atoms with van der Waals surface area (Å²) in [5.74, 6) is 6.26. The fraction of sp³-hybridized carbons (Fsp3) is 1.00. The predicted molar refractivity (Wildman–Crippen MR) is 54.7 cm³/mol. The Morgan fingerprint density at radius 2 is 2.00 bits per heavy atom. The third kappa shape index (κ3) is 5.56. The molecule has 0 radical (unpaired) electrons. The van der Waals surface area contributed by atoms with E-state index in [4.69, 9.17) is 5.84 Å². The van der Waals surface area contributed by atoms with Gasteiger partial charge in [0.2, 0.25) is 0 Å². The van der Waals surface area contributed by atoms with E-state index in [1.54, 1.807) is 0 Å². The molecule has 0 aromatic rings. The Labute approximate surface area is 76.9 Å². The monoisotopic (exact) mass is 172 g/mol. The zero-order valence-corrected chi connectivity index (χ0v) is 8.77. The molecule has 3 N–H and O–H groups in total. The van der Waals surface area contributed by atoms with Gasteiger partial charge in [-0.2, -0.15) is 0 Å². The van der Waals surface area contributed by atoms with Gasteiger partial charge in [0.25, 0.3) is 0 Å². The van der Waals surface area contributed by atoms with Crippen molar-refractivity contribution in [2.75, 3.05) is 0 Å². The van der Waals surface area contributed by atoms with Crippen LogP contribution in [0.3, 0.4) is 0 Å². The summed E-state index contributed by atoms with van der Waals surface area (Å²) < 4.78 is 0. The smallest absolute Gasteiger partial charge is 0.0213 e.